The summed E-state index contributed by atoms with van der Waals surface area (Å²) in [6, 6.07) is 14.7. The van der Waals surface area contributed by atoms with Crippen molar-refractivity contribution in [3.05, 3.63) is 66.0 Å². The topological polar surface area (TPSA) is 20.6 Å². The second kappa shape index (κ2) is 8.35. The van der Waals surface area contributed by atoms with Crippen molar-refractivity contribution in [2.45, 2.75) is 6.42 Å². The van der Waals surface area contributed by atoms with E-state index in [1.54, 1.807) is 0 Å². The standard InChI is InChI=1S/C19H25N3/c1-21(2)19-11-9-17(10-12-19)7-6-15-22(3)16-13-18-8-4-5-14-20-18/h4-12,14H,13,15-16H2,1-3H3/p+1/b7-6+. The maximum atomic E-state index is 4.37. The molecular weight excluding hydrogens is 270 g/mol. The second-order valence-electron chi connectivity index (χ2n) is 5.87. The molecule has 3 heteroatoms. The van der Waals surface area contributed by atoms with E-state index in [0.717, 1.165) is 19.5 Å². The minimum atomic E-state index is 1.03. The van der Waals surface area contributed by atoms with Crippen LogP contribution in [0.25, 0.3) is 6.08 Å². The van der Waals surface area contributed by atoms with Gasteiger partial charge in [-0.1, -0.05) is 24.3 Å². The Kier molecular flexibility index (Phi) is 6.16. The molecule has 0 amide bonds. The maximum absolute atomic E-state index is 4.37. The van der Waals surface area contributed by atoms with Crippen LogP contribution in [0, 0.1) is 0 Å². The number of likely N-dealkylation sites (N-methyl/N-ethyl adjacent to an activating group) is 1. The zero-order chi connectivity index (χ0) is 15.8. The summed E-state index contributed by atoms with van der Waals surface area (Å²) in [6.45, 7) is 2.13. The van der Waals surface area contributed by atoms with Gasteiger partial charge in [-0.25, -0.2) is 0 Å². The van der Waals surface area contributed by atoms with Crippen LogP contribution in [0.1, 0.15) is 11.3 Å². The highest BCUT2D eigenvalue weighted by molar-refractivity contribution is 5.55. The van der Waals surface area contributed by atoms with Crippen LogP contribution in [-0.4, -0.2) is 39.2 Å². The van der Waals surface area contributed by atoms with E-state index < -0.39 is 0 Å². The number of pyridine rings is 1. The van der Waals surface area contributed by atoms with Crippen LogP contribution in [0.3, 0.4) is 0 Å². The molecule has 0 saturated carbocycles. The minimum Gasteiger partial charge on any atom is -0.378 e. The van der Waals surface area contributed by atoms with E-state index in [0.29, 0.717) is 0 Å². The largest absolute Gasteiger partial charge is 0.378 e. The molecule has 1 atom stereocenters. The summed E-state index contributed by atoms with van der Waals surface area (Å²) in [7, 11) is 6.35. The van der Waals surface area contributed by atoms with Gasteiger partial charge in [0.05, 0.1) is 20.1 Å². The molecule has 1 aromatic heterocycles. The number of nitrogens with one attached hydrogen (secondary N) is 1. The second-order valence-corrected chi connectivity index (χ2v) is 5.87. The predicted octanol–water partition coefficient (Wildman–Crippen LogP) is 1.92. The smallest absolute Gasteiger partial charge is 0.0959 e. The molecule has 0 bridgehead atoms. The molecule has 2 aromatic rings. The molecule has 0 aliphatic heterocycles. The molecule has 0 spiro atoms. The van der Waals surface area contributed by atoms with Gasteiger partial charge < -0.3 is 9.80 Å². The summed E-state index contributed by atoms with van der Waals surface area (Å²) >= 11 is 0. The Bertz CT molecular complexity index is 573. The van der Waals surface area contributed by atoms with Gasteiger partial charge in [0.15, 0.2) is 0 Å². The van der Waals surface area contributed by atoms with Crippen LogP contribution in [0.4, 0.5) is 5.69 Å². The first-order chi connectivity index (χ1) is 10.6. The molecule has 1 N–H and O–H groups in total. The van der Waals surface area contributed by atoms with E-state index in [2.05, 4.69) is 79.6 Å². The lowest BCUT2D eigenvalue weighted by Crippen LogP contribution is -3.09. The van der Waals surface area contributed by atoms with Crippen LogP contribution in [-0.2, 0) is 6.42 Å². The summed E-state index contributed by atoms with van der Waals surface area (Å²) in [5.74, 6) is 0. The number of quaternary nitrogens is 1. The van der Waals surface area contributed by atoms with E-state index in [9.17, 15) is 0 Å². The Balaban J connectivity index is 1.76. The van der Waals surface area contributed by atoms with Gasteiger partial charge in [0.25, 0.3) is 0 Å². The predicted molar refractivity (Wildman–Crippen MR) is 94.4 cm³/mol. The van der Waals surface area contributed by atoms with E-state index in [-0.39, 0.29) is 0 Å². The molecule has 0 radical (unpaired) electrons. The number of rotatable bonds is 7. The summed E-state index contributed by atoms with van der Waals surface area (Å²) in [5.41, 5.74) is 3.66. The summed E-state index contributed by atoms with van der Waals surface area (Å²) in [5, 5.41) is 0. The Morgan fingerprint density at radius 2 is 1.86 bits per heavy atom. The number of anilines is 1. The van der Waals surface area contributed by atoms with E-state index in [1.165, 1.54) is 21.8 Å². The number of hydrogen-bond donors (Lipinski definition) is 1. The Labute approximate surface area is 133 Å². The normalized spacial score (nSPS) is 12.5. The van der Waals surface area contributed by atoms with Gasteiger partial charge in [-0.2, -0.15) is 0 Å². The molecule has 0 fully saturated rings. The fourth-order valence-corrected chi connectivity index (χ4v) is 2.27. The van der Waals surface area contributed by atoms with Crippen molar-refractivity contribution in [3.8, 4) is 0 Å². The minimum absolute atomic E-state index is 1.03. The van der Waals surface area contributed by atoms with E-state index in [1.807, 2.05) is 12.3 Å². The molecule has 1 unspecified atom stereocenters. The molecular formula is C19H26N3+. The highest BCUT2D eigenvalue weighted by Gasteiger charge is 2.01. The van der Waals surface area contributed by atoms with Gasteiger partial charge in [-0.3, -0.25) is 4.98 Å². The lowest BCUT2D eigenvalue weighted by atomic mass is 10.2. The molecule has 2 rings (SSSR count). The molecule has 22 heavy (non-hydrogen) atoms. The maximum Gasteiger partial charge on any atom is 0.0959 e. The molecule has 0 saturated heterocycles. The van der Waals surface area contributed by atoms with Crippen molar-refractivity contribution in [2.75, 3.05) is 39.1 Å². The number of nitrogens with zero attached hydrogens (tertiary/aromatic N) is 2. The third kappa shape index (κ3) is 5.34. The van der Waals surface area contributed by atoms with E-state index >= 15 is 0 Å². The number of hydrogen-bond acceptors (Lipinski definition) is 2. The van der Waals surface area contributed by atoms with Crippen LogP contribution >= 0.6 is 0 Å². The number of aromatic nitrogens is 1. The van der Waals surface area contributed by atoms with Crippen molar-refractivity contribution in [1.29, 1.82) is 0 Å². The fourth-order valence-electron chi connectivity index (χ4n) is 2.27. The van der Waals surface area contributed by atoms with Gasteiger partial charge in [0.2, 0.25) is 0 Å². The highest BCUT2D eigenvalue weighted by Crippen LogP contribution is 2.12. The average Bonchev–Trinajstić information content (AvgIpc) is 2.54. The van der Waals surface area contributed by atoms with Crippen molar-refractivity contribution in [2.24, 2.45) is 0 Å². The van der Waals surface area contributed by atoms with Crippen LogP contribution in [0.2, 0.25) is 0 Å². The molecule has 1 heterocycles. The van der Waals surface area contributed by atoms with Crippen LogP contribution < -0.4 is 9.80 Å². The van der Waals surface area contributed by atoms with Crippen LogP contribution in [0.5, 0.6) is 0 Å². The van der Waals surface area contributed by atoms with Crippen LogP contribution in [0.15, 0.2) is 54.7 Å². The summed E-state index contributed by atoms with van der Waals surface area (Å²) in [4.78, 5) is 7.97. The monoisotopic (exact) mass is 296 g/mol. The number of benzene rings is 1. The van der Waals surface area contributed by atoms with Gasteiger partial charge in [-0.05, 0) is 35.9 Å². The van der Waals surface area contributed by atoms with Crippen molar-refractivity contribution in [3.63, 3.8) is 0 Å². The first-order valence-corrected chi connectivity index (χ1v) is 7.80. The molecule has 0 aliphatic carbocycles. The third-order valence-electron chi connectivity index (χ3n) is 3.72. The lowest BCUT2D eigenvalue weighted by molar-refractivity contribution is -0.873. The summed E-state index contributed by atoms with van der Waals surface area (Å²) in [6.07, 6.45) is 7.34. The Morgan fingerprint density at radius 3 is 2.50 bits per heavy atom. The molecule has 0 aliphatic rings. The molecule has 116 valence electrons. The Morgan fingerprint density at radius 1 is 1.09 bits per heavy atom. The fraction of sp³-hybridized carbons (Fsp3) is 0.316. The molecule has 3 nitrogen and oxygen atoms in total. The van der Waals surface area contributed by atoms with Crippen molar-refractivity contribution in [1.82, 2.24) is 4.98 Å². The van der Waals surface area contributed by atoms with Gasteiger partial charge >= 0.3 is 0 Å². The van der Waals surface area contributed by atoms with Gasteiger partial charge in [0, 0.05) is 38.1 Å². The first-order valence-electron chi connectivity index (χ1n) is 7.80. The highest BCUT2D eigenvalue weighted by atomic mass is 15.1. The average molecular weight is 296 g/mol. The van der Waals surface area contributed by atoms with Crippen molar-refractivity contribution >= 4 is 11.8 Å². The lowest BCUT2D eigenvalue weighted by Gasteiger charge is -2.12. The quantitative estimate of drug-likeness (QED) is 0.842. The van der Waals surface area contributed by atoms with Crippen molar-refractivity contribution < 1.29 is 4.90 Å². The van der Waals surface area contributed by atoms with E-state index in [4.69, 9.17) is 0 Å². The molecule has 1 aromatic carbocycles. The summed E-state index contributed by atoms with van der Waals surface area (Å²) < 4.78 is 0. The zero-order valence-electron chi connectivity index (χ0n) is 13.8. The zero-order valence-corrected chi connectivity index (χ0v) is 13.8. The SMILES string of the molecule is CN(C)c1ccc(/C=C/C[NH+](C)CCc2ccccn2)cc1. The van der Waals surface area contributed by atoms with Gasteiger partial charge in [0.1, 0.15) is 0 Å². The Hall–Kier alpha value is -2.13. The first kappa shape index (κ1) is 16.2. The third-order valence-corrected chi connectivity index (χ3v) is 3.72. The van der Waals surface area contributed by atoms with Gasteiger partial charge in [-0.15, -0.1) is 0 Å².